The third kappa shape index (κ3) is 3.37. The average molecular weight is 259 g/mol. The van der Waals surface area contributed by atoms with E-state index in [4.69, 9.17) is 9.47 Å². The fraction of sp³-hybridized carbons (Fsp3) is 1.00. The van der Waals surface area contributed by atoms with E-state index in [2.05, 4.69) is 19.3 Å². The van der Waals surface area contributed by atoms with Crippen molar-refractivity contribution in [2.45, 2.75) is 37.8 Å². The van der Waals surface area contributed by atoms with Crippen LogP contribution in [0.4, 0.5) is 0 Å². The van der Waals surface area contributed by atoms with Gasteiger partial charge in [0.2, 0.25) is 0 Å². The maximum Gasteiger partial charge on any atom is 0.0939 e. The molecule has 4 heteroatoms. The first-order chi connectivity index (χ1) is 8.29. The standard InChI is InChI=1S/C13H25NO2S/c1-3-17-9-12(14-2)11-4-6-16-13(8-11)5-7-15-10-13/h11-12,14H,3-10H2,1-2H3. The smallest absolute Gasteiger partial charge is 0.0939 e. The molecule has 2 rings (SSSR count). The highest BCUT2D eigenvalue weighted by molar-refractivity contribution is 7.99. The van der Waals surface area contributed by atoms with Crippen molar-refractivity contribution in [3.8, 4) is 0 Å². The van der Waals surface area contributed by atoms with Crippen molar-refractivity contribution >= 4 is 11.8 Å². The Hall–Kier alpha value is 0.230. The van der Waals surface area contributed by atoms with E-state index in [1.54, 1.807) is 0 Å². The number of nitrogens with one attached hydrogen (secondary N) is 1. The van der Waals surface area contributed by atoms with E-state index in [9.17, 15) is 0 Å². The molecule has 0 saturated carbocycles. The quantitative estimate of drug-likeness (QED) is 0.817. The molecule has 17 heavy (non-hydrogen) atoms. The van der Waals surface area contributed by atoms with E-state index in [0.717, 1.165) is 32.2 Å². The molecule has 2 fully saturated rings. The van der Waals surface area contributed by atoms with Crippen molar-refractivity contribution in [3.05, 3.63) is 0 Å². The Balaban J connectivity index is 1.90. The van der Waals surface area contributed by atoms with Crippen LogP contribution in [-0.2, 0) is 9.47 Å². The molecular weight excluding hydrogens is 234 g/mol. The zero-order valence-corrected chi connectivity index (χ0v) is 11.9. The minimum Gasteiger partial charge on any atom is -0.378 e. The molecule has 3 atom stereocenters. The molecular formula is C13H25NO2S. The van der Waals surface area contributed by atoms with E-state index < -0.39 is 0 Å². The molecule has 0 aromatic carbocycles. The Labute approximate surface area is 109 Å². The zero-order chi connectivity index (χ0) is 12.1. The molecule has 2 saturated heterocycles. The van der Waals surface area contributed by atoms with E-state index in [1.807, 2.05) is 11.8 Å². The molecule has 1 N–H and O–H groups in total. The molecule has 0 aliphatic carbocycles. The second kappa shape index (κ2) is 6.41. The highest BCUT2D eigenvalue weighted by atomic mass is 32.2. The van der Waals surface area contributed by atoms with Gasteiger partial charge in [-0.2, -0.15) is 11.8 Å². The summed E-state index contributed by atoms with van der Waals surface area (Å²) in [6.45, 7) is 4.82. The van der Waals surface area contributed by atoms with Crippen LogP contribution in [0.2, 0.25) is 0 Å². The van der Waals surface area contributed by atoms with Crippen LogP contribution in [0.5, 0.6) is 0 Å². The summed E-state index contributed by atoms with van der Waals surface area (Å²) in [6.07, 6.45) is 3.45. The summed E-state index contributed by atoms with van der Waals surface area (Å²) in [6, 6.07) is 0.626. The van der Waals surface area contributed by atoms with Crippen LogP contribution >= 0.6 is 11.8 Å². The lowest BCUT2D eigenvalue weighted by atomic mass is 9.81. The normalized spacial score (nSPS) is 35.3. The monoisotopic (exact) mass is 259 g/mol. The highest BCUT2D eigenvalue weighted by Gasteiger charge is 2.42. The molecule has 2 aliphatic rings. The Bertz CT molecular complexity index is 231. The van der Waals surface area contributed by atoms with Crippen molar-refractivity contribution in [1.82, 2.24) is 5.32 Å². The fourth-order valence-corrected chi connectivity index (χ4v) is 3.90. The molecule has 100 valence electrons. The van der Waals surface area contributed by atoms with Crippen molar-refractivity contribution in [2.24, 2.45) is 5.92 Å². The first-order valence-electron chi connectivity index (χ1n) is 6.76. The molecule has 0 aromatic rings. The molecule has 3 unspecified atom stereocenters. The van der Waals surface area contributed by atoms with E-state index >= 15 is 0 Å². The Morgan fingerprint density at radius 3 is 3.00 bits per heavy atom. The van der Waals surface area contributed by atoms with Gasteiger partial charge in [-0.1, -0.05) is 6.92 Å². The lowest BCUT2D eigenvalue weighted by Crippen LogP contribution is -2.47. The van der Waals surface area contributed by atoms with Gasteiger partial charge in [0.25, 0.3) is 0 Å². The van der Waals surface area contributed by atoms with Gasteiger partial charge in [-0.15, -0.1) is 0 Å². The molecule has 0 amide bonds. The van der Waals surface area contributed by atoms with Crippen molar-refractivity contribution in [3.63, 3.8) is 0 Å². The van der Waals surface area contributed by atoms with Crippen molar-refractivity contribution in [2.75, 3.05) is 38.4 Å². The molecule has 1 spiro atoms. The topological polar surface area (TPSA) is 30.5 Å². The number of rotatable bonds is 5. The van der Waals surface area contributed by atoms with Crippen LogP contribution < -0.4 is 5.32 Å². The molecule has 3 nitrogen and oxygen atoms in total. The van der Waals surface area contributed by atoms with E-state index in [1.165, 1.54) is 24.3 Å². The number of hydrogen-bond donors (Lipinski definition) is 1. The summed E-state index contributed by atoms with van der Waals surface area (Å²) in [5.74, 6) is 3.17. The molecule has 0 aromatic heterocycles. The Morgan fingerprint density at radius 2 is 2.35 bits per heavy atom. The van der Waals surface area contributed by atoms with E-state index in [-0.39, 0.29) is 5.60 Å². The van der Waals surface area contributed by atoms with Gasteiger partial charge in [0.1, 0.15) is 0 Å². The minimum absolute atomic E-state index is 0.0505. The lowest BCUT2D eigenvalue weighted by molar-refractivity contribution is -0.101. The number of thioether (sulfide) groups is 1. The maximum absolute atomic E-state index is 6.00. The lowest BCUT2D eigenvalue weighted by Gasteiger charge is -2.40. The Kier molecular flexibility index (Phi) is 5.15. The maximum atomic E-state index is 6.00. The SMILES string of the molecule is CCSCC(NC)C1CCOC2(CCOC2)C1. The first kappa shape index (κ1) is 13.7. The molecule has 0 radical (unpaired) electrons. The van der Waals surface area contributed by atoms with Crippen LogP contribution in [-0.4, -0.2) is 50.0 Å². The predicted octanol–water partition coefficient (Wildman–Crippen LogP) is 1.91. The van der Waals surface area contributed by atoms with Crippen LogP contribution in [0.15, 0.2) is 0 Å². The van der Waals surface area contributed by atoms with Crippen LogP contribution in [0, 0.1) is 5.92 Å². The summed E-state index contributed by atoms with van der Waals surface area (Å²) in [5.41, 5.74) is 0.0505. The fourth-order valence-electron chi connectivity index (χ4n) is 2.97. The average Bonchev–Trinajstić information content (AvgIpc) is 2.78. The first-order valence-corrected chi connectivity index (χ1v) is 7.92. The van der Waals surface area contributed by atoms with Gasteiger partial charge in [-0.05, 0) is 31.6 Å². The largest absolute Gasteiger partial charge is 0.378 e. The highest BCUT2D eigenvalue weighted by Crippen LogP contribution is 2.37. The van der Waals surface area contributed by atoms with Gasteiger partial charge in [-0.25, -0.2) is 0 Å². The third-order valence-corrected chi connectivity index (χ3v) is 5.04. The zero-order valence-electron chi connectivity index (χ0n) is 11.0. The third-order valence-electron chi connectivity index (χ3n) is 4.04. The van der Waals surface area contributed by atoms with Crippen LogP contribution in [0.25, 0.3) is 0 Å². The molecule has 0 bridgehead atoms. The summed E-state index contributed by atoms with van der Waals surface area (Å²) in [4.78, 5) is 0. The second-order valence-electron chi connectivity index (χ2n) is 5.14. The summed E-state index contributed by atoms with van der Waals surface area (Å²) in [7, 11) is 2.09. The van der Waals surface area contributed by atoms with Gasteiger partial charge >= 0.3 is 0 Å². The number of hydrogen-bond acceptors (Lipinski definition) is 4. The van der Waals surface area contributed by atoms with Gasteiger partial charge in [0.05, 0.1) is 12.2 Å². The summed E-state index contributed by atoms with van der Waals surface area (Å²) in [5, 5.41) is 3.50. The number of ether oxygens (including phenoxy) is 2. The van der Waals surface area contributed by atoms with Gasteiger partial charge in [0.15, 0.2) is 0 Å². The van der Waals surface area contributed by atoms with Crippen molar-refractivity contribution in [1.29, 1.82) is 0 Å². The van der Waals surface area contributed by atoms with Gasteiger partial charge in [-0.3, -0.25) is 0 Å². The second-order valence-corrected chi connectivity index (χ2v) is 6.46. The van der Waals surface area contributed by atoms with Crippen molar-refractivity contribution < 1.29 is 9.47 Å². The van der Waals surface area contributed by atoms with Crippen LogP contribution in [0.3, 0.4) is 0 Å². The Morgan fingerprint density at radius 1 is 1.47 bits per heavy atom. The predicted molar refractivity (Wildman–Crippen MR) is 72.7 cm³/mol. The molecule has 2 heterocycles. The minimum atomic E-state index is 0.0505. The van der Waals surface area contributed by atoms with Gasteiger partial charge < -0.3 is 14.8 Å². The van der Waals surface area contributed by atoms with Gasteiger partial charge in [0, 0.05) is 31.4 Å². The summed E-state index contributed by atoms with van der Waals surface area (Å²) >= 11 is 2.03. The van der Waals surface area contributed by atoms with E-state index in [0.29, 0.717) is 6.04 Å². The molecule has 2 aliphatic heterocycles. The summed E-state index contributed by atoms with van der Waals surface area (Å²) < 4.78 is 11.5. The van der Waals surface area contributed by atoms with Crippen LogP contribution in [0.1, 0.15) is 26.2 Å².